The summed E-state index contributed by atoms with van der Waals surface area (Å²) in [7, 11) is 0. The second-order valence-corrected chi connectivity index (χ2v) is 5.07. The van der Waals surface area contributed by atoms with Crippen LogP contribution in [-0.4, -0.2) is 16.2 Å². The van der Waals surface area contributed by atoms with Crippen molar-refractivity contribution in [2.45, 2.75) is 39.8 Å². The molecule has 0 saturated carbocycles. The van der Waals surface area contributed by atoms with Gasteiger partial charge in [0.25, 0.3) is 0 Å². The number of aryl methyl sites for hydroxylation is 3. The summed E-state index contributed by atoms with van der Waals surface area (Å²) < 4.78 is 2.22. The van der Waals surface area contributed by atoms with E-state index in [1.165, 1.54) is 22.0 Å². The van der Waals surface area contributed by atoms with Gasteiger partial charge in [0.15, 0.2) is 0 Å². The van der Waals surface area contributed by atoms with E-state index < -0.39 is 6.10 Å². The minimum atomic E-state index is -0.437. The molecule has 2 rings (SSSR count). The largest absolute Gasteiger partial charge is 0.389 e. The van der Waals surface area contributed by atoms with Crippen LogP contribution in [0.15, 0.2) is 18.3 Å². The van der Waals surface area contributed by atoms with Crippen molar-refractivity contribution < 1.29 is 5.11 Å². The molecule has 0 fully saturated rings. The SMILES string of the molecule is Cc1cc(C)c2c(c1)c(C(C)O)cn2CCCN. The molecule has 0 aliphatic carbocycles. The number of nitrogens with two attached hydrogens (primary N) is 1. The fraction of sp³-hybridized carbons (Fsp3) is 0.467. The Morgan fingerprint density at radius 2 is 2.06 bits per heavy atom. The van der Waals surface area contributed by atoms with E-state index in [1.807, 2.05) is 6.92 Å². The van der Waals surface area contributed by atoms with E-state index in [4.69, 9.17) is 5.73 Å². The smallest absolute Gasteiger partial charge is 0.0782 e. The maximum atomic E-state index is 9.90. The normalized spacial score (nSPS) is 13.2. The van der Waals surface area contributed by atoms with Crippen LogP contribution in [0.1, 0.15) is 36.1 Å². The summed E-state index contributed by atoms with van der Waals surface area (Å²) in [5.41, 5.74) is 10.3. The molecule has 3 N–H and O–H groups in total. The molecule has 0 radical (unpaired) electrons. The van der Waals surface area contributed by atoms with Crippen molar-refractivity contribution in [3.05, 3.63) is 35.0 Å². The lowest BCUT2D eigenvalue weighted by Gasteiger charge is -2.07. The summed E-state index contributed by atoms with van der Waals surface area (Å²) >= 11 is 0. The van der Waals surface area contributed by atoms with Gasteiger partial charge in [-0.2, -0.15) is 0 Å². The van der Waals surface area contributed by atoms with Crippen LogP contribution in [0.2, 0.25) is 0 Å². The summed E-state index contributed by atoms with van der Waals surface area (Å²) in [6, 6.07) is 4.34. The highest BCUT2D eigenvalue weighted by Crippen LogP contribution is 2.30. The molecule has 3 heteroatoms. The summed E-state index contributed by atoms with van der Waals surface area (Å²) in [5, 5.41) is 11.1. The number of benzene rings is 1. The summed E-state index contributed by atoms with van der Waals surface area (Å²) in [4.78, 5) is 0. The zero-order valence-corrected chi connectivity index (χ0v) is 11.4. The van der Waals surface area contributed by atoms with E-state index in [0.29, 0.717) is 6.54 Å². The third kappa shape index (κ3) is 2.28. The first kappa shape index (κ1) is 13.1. The molecule has 2 aromatic rings. The van der Waals surface area contributed by atoms with Gasteiger partial charge in [0, 0.05) is 23.7 Å². The molecular formula is C15H22N2O. The molecule has 18 heavy (non-hydrogen) atoms. The Morgan fingerprint density at radius 1 is 1.33 bits per heavy atom. The third-order valence-corrected chi connectivity index (χ3v) is 3.39. The Labute approximate surface area is 108 Å². The van der Waals surface area contributed by atoms with Crippen molar-refractivity contribution in [1.29, 1.82) is 0 Å². The number of rotatable bonds is 4. The third-order valence-electron chi connectivity index (χ3n) is 3.39. The summed E-state index contributed by atoms with van der Waals surface area (Å²) in [5.74, 6) is 0. The van der Waals surface area contributed by atoms with Gasteiger partial charge in [-0.15, -0.1) is 0 Å². The Bertz CT molecular complexity index is 555. The number of aromatic nitrogens is 1. The average Bonchev–Trinajstić information content (AvgIpc) is 2.65. The van der Waals surface area contributed by atoms with Crippen molar-refractivity contribution in [3.63, 3.8) is 0 Å². The van der Waals surface area contributed by atoms with E-state index in [0.717, 1.165) is 18.5 Å². The summed E-state index contributed by atoms with van der Waals surface area (Å²) in [6.07, 6.45) is 2.58. The lowest BCUT2D eigenvalue weighted by Crippen LogP contribution is -2.05. The van der Waals surface area contributed by atoms with Crippen molar-refractivity contribution in [2.75, 3.05) is 6.54 Å². The number of fused-ring (bicyclic) bond motifs is 1. The predicted octanol–water partition coefficient (Wildman–Crippen LogP) is 2.66. The fourth-order valence-corrected chi connectivity index (χ4v) is 2.63. The van der Waals surface area contributed by atoms with Crippen molar-refractivity contribution in [3.8, 4) is 0 Å². The number of aliphatic hydroxyl groups is 1. The van der Waals surface area contributed by atoms with Gasteiger partial charge < -0.3 is 15.4 Å². The topological polar surface area (TPSA) is 51.2 Å². The molecule has 1 unspecified atom stereocenters. The second kappa shape index (κ2) is 5.12. The van der Waals surface area contributed by atoms with Gasteiger partial charge >= 0.3 is 0 Å². The molecule has 1 atom stereocenters. The Morgan fingerprint density at radius 3 is 2.67 bits per heavy atom. The molecule has 3 nitrogen and oxygen atoms in total. The van der Waals surface area contributed by atoms with Gasteiger partial charge in [0.05, 0.1) is 11.6 Å². The zero-order chi connectivity index (χ0) is 13.3. The highest BCUT2D eigenvalue weighted by Gasteiger charge is 2.14. The van der Waals surface area contributed by atoms with Crippen molar-refractivity contribution in [1.82, 2.24) is 4.57 Å². The number of nitrogens with zero attached hydrogens (tertiary/aromatic N) is 1. The van der Waals surface area contributed by atoms with E-state index >= 15 is 0 Å². The average molecular weight is 246 g/mol. The molecule has 1 aromatic heterocycles. The summed E-state index contributed by atoms with van der Waals surface area (Å²) in [6.45, 7) is 7.63. The highest BCUT2D eigenvalue weighted by atomic mass is 16.3. The molecule has 0 saturated heterocycles. The fourth-order valence-electron chi connectivity index (χ4n) is 2.63. The van der Waals surface area contributed by atoms with E-state index in [2.05, 4.69) is 36.7 Å². The predicted molar refractivity (Wildman–Crippen MR) is 75.7 cm³/mol. The standard InChI is InChI=1S/C15H22N2O/c1-10-7-11(2)15-13(8-10)14(12(3)18)9-17(15)6-4-5-16/h7-9,12,18H,4-6,16H2,1-3H3. The molecular weight excluding hydrogens is 224 g/mol. The molecule has 0 aliphatic rings. The molecule has 98 valence electrons. The Balaban J connectivity index is 2.64. The van der Waals surface area contributed by atoms with E-state index in [9.17, 15) is 5.11 Å². The van der Waals surface area contributed by atoms with Gasteiger partial charge in [0.1, 0.15) is 0 Å². The molecule has 1 aromatic carbocycles. The molecule has 0 spiro atoms. The molecule has 1 heterocycles. The Hall–Kier alpha value is -1.32. The van der Waals surface area contributed by atoms with Gasteiger partial charge in [0.2, 0.25) is 0 Å². The second-order valence-electron chi connectivity index (χ2n) is 5.07. The molecule has 0 bridgehead atoms. The van der Waals surface area contributed by atoms with Crippen LogP contribution in [0.5, 0.6) is 0 Å². The minimum Gasteiger partial charge on any atom is -0.389 e. The van der Waals surface area contributed by atoms with Crippen LogP contribution in [-0.2, 0) is 6.54 Å². The van der Waals surface area contributed by atoms with Gasteiger partial charge in [-0.25, -0.2) is 0 Å². The first-order chi connectivity index (χ1) is 8.54. The van der Waals surface area contributed by atoms with Crippen LogP contribution < -0.4 is 5.73 Å². The monoisotopic (exact) mass is 246 g/mol. The minimum absolute atomic E-state index is 0.437. The van der Waals surface area contributed by atoms with Crippen molar-refractivity contribution in [2.24, 2.45) is 5.73 Å². The van der Waals surface area contributed by atoms with Gasteiger partial charge in [-0.1, -0.05) is 11.6 Å². The highest BCUT2D eigenvalue weighted by molar-refractivity contribution is 5.87. The lowest BCUT2D eigenvalue weighted by atomic mass is 10.0. The first-order valence-electron chi connectivity index (χ1n) is 6.52. The molecule has 0 aliphatic heterocycles. The van der Waals surface area contributed by atoms with Crippen LogP contribution >= 0.6 is 0 Å². The quantitative estimate of drug-likeness (QED) is 0.871. The van der Waals surface area contributed by atoms with Crippen LogP contribution in [0, 0.1) is 13.8 Å². The molecule has 0 amide bonds. The number of aliphatic hydroxyl groups excluding tert-OH is 1. The van der Waals surface area contributed by atoms with Crippen LogP contribution in [0.25, 0.3) is 10.9 Å². The van der Waals surface area contributed by atoms with E-state index in [1.54, 1.807) is 0 Å². The van der Waals surface area contributed by atoms with Crippen LogP contribution in [0.3, 0.4) is 0 Å². The maximum absolute atomic E-state index is 9.90. The van der Waals surface area contributed by atoms with Gasteiger partial charge in [-0.05, 0) is 45.4 Å². The lowest BCUT2D eigenvalue weighted by molar-refractivity contribution is 0.200. The number of hydrogen-bond acceptors (Lipinski definition) is 2. The first-order valence-corrected chi connectivity index (χ1v) is 6.52. The maximum Gasteiger partial charge on any atom is 0.0782 e. The van der Waals surface area contributed by atoms with Crippen molar-refractivity contribution >= 4 is 10.9 Å². The Kier molecular flexibility index (Phi) is 3.73. The van der Waals surface area contributed by atoms with Crippen LogP contribution in [0.4, 0.5) is 0 Å². The van der Waals surface area contributed by atoms with Gasteiger partial charge in [-0.3, -0.25) is 0 Å². The number of hydrogen-bond donors (Lipinski definition) is 2. The van der Waals surface area contributed by atoms with E-state index in [-0.39, 0.29) is 0 Å². The zero-order valence-electron chi connectivity index (χ0n) is 11.4.